The van der Waals surface area contributed by atoms with Crippen molar-refractivity contribution in [2.24, 2.45) is 35.0 Å². The summed E-state index contributed by atoms with van der Waals surface area (Å²) in [6, 6.07) is 0. The molecular weight excluding hydrogens is 196 g/mol. The summed E-state index contributed by atoms with van der Waals surface area (Å²) in [5, 5.41) is 0. The summed E-state index contributed by atoms with van der Waals surface area (Å²) < 4.78 is 8.44. The minimum absolute atomic E-state index is 0.0349. The van der Waals surface area contributed by atoms with Crippen LogP contribution in [0, 0.1) is 35.0 Å². The third kappa shape index (κ3) is 1.15. The molecule has 1 heteroatoms. The zero-order valence-electron chi connectivity index (χ0n) is 11.7. The Morgan fingerprint density at radius 1 is 1.38 bits per heavy atom. The van der Waals surface area contributed by atoms with Crippen molar-refractivity contribution in [3.63, 3.8) is 0 Å². The van der Waals surface area contributed by atoms with Gasteiger partial charge in [-0.1, -0.05) is 33.3 Å². The molecule has 3 rings (SSSR count). The van der Waals surface area contributed by atoms with Crippen LogP contribution >= 0.6 is 0 Å². The third-order valence-electron chi connectivity index (χ3n) is 5.49. The van der Waals surface area contributed by atoms with Crippen molar-refractivity contribution >= 4 is 5.78 Å². The second kappa shape index (κ2) is 3.00. The first kappa shape index (κ1) is 9.44. The molecule has 0 spiro atoms. The monoisotopic (exact) mass is 219 g/mol. The van der Waals surface area contributed by atoms with Crippen LogP contribution < -0.4 is 0 Å². The van der Waals surface area contributed by atoms with Gasteiger partial charge in [-0.2, -0.15) is 0 Å². The molecule has 0 N–H and O–H groups in total. The molecule has 0 heterocycles. The molecule has 0 saturated heterocycles. The lowest BCUT2D eigenvalue weighted by Gasteiger charge is -2.23. The largest absolute Gasteiger partial charge is 0.295 e. The van der Waals surface area contributed by atoms with Crippen LogP contribution in [0.2, 0.25) is 0 Å². The Labute approximate surface area is 99.7 Å². The van der Waals surface area contributed by atoms with Gasteiger partial charge in [-0.3, -0.25) is 4.79 Å². The van der Waals surface area contributed by atoms with E-state index in [1.54, 1.807) is 6.08 Å². The summed E-state index contributed by atoms with van der Waals surface area (Å²) in [6.07, 6.45) is 4.27. The Balaban J connectivity index is 2.06. The maximum absolute atomic E-state index is 12.0. The van der Waals surface area contributed by atoms with Crippen LogP contribution in [0.1, 0.15) is 41.9 Å². The van der Waals surface area contributed by atoms with E-state index >= 15 is 0 Å². The molecule has 16 heavy (non-hydrogen) atoms. The number of ketones is 1. The molecule has 0 aromatic heterocycles. The normalized spacial score (nSPS) is 54.6. The topological polar surface area (TPSA) is 17.1 Å². The van der Waals surface area contributed by atoms with E-state index in [4.69, 9.17) is 1.37 Å². The van der Waals surface area contributed by atoms with Gasteiger partial charge in [0.15, 0.2) is 5.78 Å². The van der Waals surface area contributed by atoms with Gasteiger partial charge in [0.1, 0.15) is 0 Å². The van der Waals surface area contributed by atoms with E-state index in [-0.39, 0.29) is 11.7 Å². The van der Waals surface area contributed by atoms with Crippen LogP contribution in [0.15, 0.2) is 11.6 Å². The number of carbonyl (C=O) groups is 1. The Bertz CT molecular complexity index is 419. The molecule has 1 nitrogen and oxygen atoms in total. The van der Waals surface area contributed by atoms with Crippen LogP contribution in [-0.4, -0.2) is 5.78 Å². The minimum Gasteiger partial charge on any atom is -0.295 e. The Morgan fingerprint density at radius 2 is 2.06 bits per heavy atom. The van der Waals surface area contributed by atoms with Gasteiger partial charge in [-0.15, -0.1) is 0 Å². The highest BCUT2D eigenvalue weighted by Crippen LogP contribution is 2.69. The van der Waals surface area contributed by atoms with Crippen molar-refractivity contribution in [1.29, 1.82) is 0 Å². The first-order valence-electron chi connectivity index (χ1n) is 7.04. The van der Waals surface area contributed by atoms with Crippen molar-refractivity contribution < 1.29 is 6.17 Å². The lowest BCUT2D eigenvalue weighted by Crippen LogP contribution is -2.19. The van der Waals surface area contributed by atoms with Crippen molar-refractivity contribution in [3.8, 4) is 0 Å². The highest BCUT2D eigenvalue weighted by atomic mass is 16.1. The first-order valence-corrected chi connectivity index (χ1v) is 6.54. The molecule has 0 aliphatic heterocycles. The fourth-order valence-corrected chi connectivity index (χ4v) is 4.28. The van der Waals surface area contributed by atoms with Gasteiger partial charge in [0.25, 0.3) is 0 Å². The van der Waals surface area contributed by atoms with Crippen LogP contribution in [-0.2, 0) is 4.79 Å². The fourth-order valence-electron chi connectivity index (χ4n) is 4.28. The maximum Gasteiger partial charge on any atom is 0.159 e. The lowest BCUT2D eigenvalue weighted by atomic mass is 9.80. The summed E-state index contributed by atoms with van der Waals surface area (Å²) >= 11 is 0. The van der Waals surface area contributed by atoms with Crippen molar-refractivity contribution in [2.45, 2.75) is 40.5 Å². The molecule has 3 aliphatic carbocycles. The number of rotatable bonds is 0. The number of hydrogen-bond acceptors (Lipinski definition) is 1. The molecule has 2 saturated carbocycles. The Kier molecular flexibility index (Phi) is 1.77. The van der Waals surface area contributed by atoms with Crippen molar-refractivity contribution in [1.82, 2.24) is 0 Å². The van der Waals surface area contributed by atoms with Crippen molar-refractivity contribution in [3.05, 3.63) is 11.6 Å². The van der Waals surface area contributed by atoms with E-state index in [0.29, 0.717) is 17.3 Å². The first-order chi connectivity index (χ1) is 7.78. The summed E-state index contributed by atoms with van der Waals surface area (Å²) in [5.41, 5.74) is 1.63. The average Bonchev–Trinajstić information content (AvgIpc) is 2.71. The molecule has 0 unspecified atom stereocenters. The predicted molar refractivity (Wildman–Crippen MR) is 64.9 cm³/mol. The van der Waals surface area contributed by atoms with Crippen LogP contribution in [0.25, 0.3) is 0 Å². The maximum atomic E-state index is 12.0. The van der Waals surface area contributed by atoms with Crippen LogP contribution in [0.5, 0.6) is 0 Å². The van der Waals surface area contributed by atoms with Crippen LogP contribution in [0.4, 0.5) is 0 Å². The van der Waals surface area contributed by atoms with Gasteiger partial charge in [0.2, 0.25) is 0 Å². The van der Waals surface area contributed by atoms with E-state index in [1.165, 1.54) is 18.4 Å². The summed E-state index contributed by atoms with van der Waals surface area (Å²) in [5.74, 6) is 1.12. The fraction of sp³-hybridized carbons (Fsp3) is 0.800. The smallest absolute Gasteiger partial charge is 0.159 e. The highest BCUT2D eigenvalue weighted by Gasteiger charge is 2.64. The van der Waals surface area contributed by atoms with Gasteiger partial charge < -0.3 is 0 Å². The summed E-state index contributed by atoms with van der Waals surface area (Å²) in [7, 11) is 0. The molecule has 0 bridgehead atoms. The standard InChI is InChI=1S/C15H22O/c1-8-5-6-11-14(15(11,3)4)13-9(2)12(16)7-10(8)13/h7-9,11,13-14H,5-6H2,1-4H3/t8-,9-,11-,13-,14-/m1/s1/i9D. The number of carbonyl (C=O) groups excluding carboxylic acids is 1. The van der Waals surface area contributed by atoms with E-state index in [9.17, 15) is 4.79 Å². The molecule has 0 radical (unpaired) electrons. The zero-order chi connectivity index (χ0) is 12.6. The van der Waals surface area contributed by atoms with Gasteiger partial charge in [-0.05, 0) is 48.0 Å². The number of fused-ring (bicyclic) bond motifs is 3. The molecular formula is C15H22O. The highest BCUT2D eigenvalue weighted by molar-refractivity contribution is 5.95. The Morgan fingerprint density at radius 3 is 2.75 bits per heavy atom. The molecule has 5 atom stereocenters. The van der Waals surface area contributed by atoms with Crippen molar-refractivity contribution in [2.75, 3.05) is 0 Å². The molecule has 0 aromatic carbocycles. The van der Waals surface area contributed by atoms with Gasteiger partial charge in [0.05, 0.1) is 0 Å². The van der Waals surface area contributed by atoms with E-state index in [2.05, 4.69) is 20.8 Å². The molecule has 3 aliphatic rings. The lowest BCUT2D eigenvalue weighted by molar-refractivity contribution is -0.118. The van der Waals surface area contributed by atoms with E-state index in [0.717, 1.165) is 5.92 Å². The van der Waals surface area contributed by atoms with Crippen LogP contribution in [0.3, 0.4) is 0 Å². The number of hydrogen-bond donors (Lipinski definition) is 0. The SMILES string of the molecule is [2H][C@@]1(C)C(=O)C=C2[C@H](C)CC[C@@H]3[C@H]([C@@H]21)C3(C)C. The van der Waals surface area contributed by atoms with Gasteiger partial charge in [0, 0.05) is 7.26 Å². The average molecular weight is 219 g/mol. The molecule has 0 amide bonds. The zero-order valence-corrected chi connectivity index (χ0v) is 10.7. The second-order valence-corrected chi connectivity index (χ2v) is 6.60. The predicted octanol–water partition coefficient (Wildman–Crippen LogP) is 3.45. The third-order valence-corrected chi connectivity index (χ3v) is 5.49. The molecule has 88 valence electrons. The summed E-state index contributed by atoms with van der Waals surface area (Å²) in [6.45, 7) is 8.68. The second-order valence-electron chi connectivity index (χ2n) is 6.60. The molecule has 0 aromatic rings. The molecule has 2 fully saturated rings. The van der Waals surface area contributed by atoms with Gasteiger partial charge >= 0.3 is 0 Å². The summed E-state index contributed by atoms with van der Waals surface area (Å²) in [4.78, 5) is 12.0. The minimum atomic E-state index is -0.898. The quantitative estimate of drug-likeness (QED) is 0.610. The van der Waals surface area contributed by atoms with E-state index in [1.807, 2.05) is 6.92 Å². The Hall–Kier alpha value is -0.590. The van der Waals surface area contributed by atoms with Gasteiger partial charge in [-0.25, -0.2) is 0 Å². The number of allylic oxidation sites excluding steroid dienone is 2. The van der Waals surface area contributed by atoms with E-state index < -0.39 is 5.89 Å².